The molecule has 0 aliphatic rings. The van der Waals surface area contributed by atoms with Crippen molar-refractivity contribution in [3.05, 3.63) is 35.1 Å². The fourth-order valence-electron chi connectivity index (χ4n) is 1.68. The van der Waals surface area contributed by atoms with Gasteiger partial charge in [0.15, 0.2) is 0 Å². The van der Waals surface area contributed by atoms with Gasteiger partial charge in [0.1, 0.15) is 5.82 Å². The smallest absolute Gasteiger partial charge is 0.313 e. The zero-order valence-corrected chi connectivity index (χ0v) is 11.8. The van der Waals surface area contributed by atoms with Gasteiger partial charge in [-0.15, -0.1) is 12.4 Å². The van der Waals surface area contributed by atoms with Crippen LogP contribution >= 0.6 is 12.4 Å². The van der Waals surface area contributed by atoms with Crippen molar-refractivity contribution >= 4 is 18.4 Å². The number of rotatable bonds is 3. The van der Waals surface area contributed by atoms with E-state index < -0.39 is 23.2 Å². The van der Waals surface area contributed by atoms with E-state index in [1.807, 2.05) is 6.92 Å². The molecule has 0 aromatic heterocycles. The summed E-state index contributed by atoms with van der Waals surface area (Å²) in [5, 5.41) is 0. The van der Waals surface area contributed by atoms with Crippen LogP contribution in [0.25, 0.3) is 0 Å². The highest BCUT2D eigenvalue weighted by Gasteiger charge is 2.37. The van der Waals surface area contributed by atoms with Crippen molar-refractivity contribution in [2.45, 2.75) is 26.8 Å². The van der Waals surface area contributed by atoms with Crippen molar-refractivity contribution in [1.82, 2.24) is 0 Å². The molecule has 18 heavy (non-hydrogen) atoms. The van der Waals surface area contributed by atoms with Crippen LogP contribution in [0.3, 0.4) is 0 Å². The second kappa shape index (κ2) is 6.16. The molecule has 0 saturated heterocycles. The number of esters is 1. The molecule has 5 heteroatoms. The van der Waals surface area contributed by atoms with E-state index >= 15 is 0 Å². The SMILES string of the molecule is COC(=O)C(C)(C)[C@@H](N)c1cc(C)ccc1F.Cl. The molecule has 3 nitrogen and oxygen atoms in total. The quantitative estimate of drug-likeness (QED) is 0.863. The van der Waals surface area contributed by atoms with E-state index in [0.717, 1.165) is 5.56 Å². The number of halogens is 2. The van der Waals surface area contributed by atoms with Gasteiger partial charge in [-0.25, -0.2) is 4.39 Å². The van der Waals surface area contributed by atoms with Crippen LogP contribution in [-0.4, -0.2) is 13.1 Å². The Labute approximate surface area is 113 Å². The van der Waals surface area contributed by atoms with Crippen LogP contribution < -0.4 is 5.73 Å². The van der Waals surface area contributed by atoms with Crippen molar-refractivity contribution in [3.63, 3.8) is 0 Å². The maximum atomic E-state index is 13.7. The average Bonchev–Trinajstić information content (AvgIpc) is 2.30. The van der Waals surface area contributed by atoms with Gasteiger partial charge in [-0.05, 0) is 26.8 Å². The van der Waals surface area contributed by atoms with Crippen molar-refractivity contribution in [2.75, 3.05) is 7.11 Å². The fourth-order valence-corrected chi connectivity index (χ4v) is 1.68. The lowest BCUT2D eigenvalue weighted by molar-refractivity contribution is -0.152. The molecule has 0 amide bonds. The van der Waals surface area contributed by atoms with Crippen molar-refractivity contribution < 1.29 is 13.9 Å². The van der Waals surface area contributed by atoms with Gasteiger partial charge in [0, 0.05) is 11.6 Å². The lowest BCUT2D eigenvalue weighted by Gasteiger charge is -2.29. The largest absolute Gasteiger partial charge is 0.469 e. The fraction of sp³-hybridized carbons (Fsp3) is 0.462. The van der Waals surface area contributed by atoms with Crippen LogP contribution in [0.4, 0.5) is 4.39 Å². The molecule has 0 aliphatic heterocycles. The van der Waals surface area contributed by atoms with E-state index in [9.17, 15) is 9.18 Å². The van der Waals surface area contributed by atoms with Crippen LogP contribution in [0, 0.1) is 18.2 Å². The Kier molecular flexibility index (Phi) is 5.77. The molecule has 1 atom stereocenters. The maximum absolute atomic E-state index is 13.7. The third-order valence-electron chi connectivity index (χ3n) is 2.98. The van der Waals surface area contributed by atoms with Crippen molar-refractivity contribution in [1.29, 1.82) is 0 Å². The van der Waals surface area contributed by atoms with Crippen LogP contribution in [0.1, 0.15) is 31.0 Å². The second-order valence-corrected chi connectivity index (χ2v) is 4.72. The summed E-state index contributed by atoms with van der Waals surface area (Å²) < 4.78 is 18.4. The molecular weight excluding hydrogens is 257 g/mol. The first-order valence-corrected chi connectivity index (χ1v) is 5.40. The molecule has 102 valence electrons. The van der Waals surface area contributed by atoms with Crippen LogP contribution in [0.2, 0.25) is 0 Å². The van der Waals surface area contributed by atoms with Crippen LogP contribution in [0.15, 0.2) is 18.2 Å². The third-order valence-corrected chi connectivity index (χ3v) is 2.98. The van der Waals surface area contributed by atoms with E-state index in [1.165, 1.54) is 13.2 Å². The summed E-state index contributed by atoms with van der Waals surface area (Å²) in [6, 6.07) is 3.94. The number of nitrogens with two attached hydrogens (primary N) is 1. The summed E-state index contributed by atoms with van der Waals surface area (Å²) in [6.07, 6.45) is 0. The van der Waals surface area contributed by atoms with Gasteiger partial charge < -0.3 is 10.5 Å². The zero-order chi connectivity index (χ0) is 13.2. The standard InChI is InChI=1S/C13H18FNO2.ClH/c1-8-5-6-10(14)9(7-8)11(15)13(2,3)12(16)17-4;/h5-7,11H,15H2,1-4H3;1H/t11-;/m0./s1. The molecule has 0 unspecified atom stereocenters. The Morgan fingerprint density at radius 2 is 2.00 bits per heavy atom. The number of benzene rings is 1. The molecule has 1 aromatic rings. The number of hydrogen-bond acceptors (Lipinski definition) is 3. The molecule has 0 heterocycles. The highest BCUT2D eigenvalue weighted by Crippen LogP contribution is 2.34. The Morgan fingerprint density at radius 3 is 2.50 bits per heavy atom. The molecule has 0 fully saturated rings. The Bertz CT molecular complexity index is 435. The molecule has 0 saturated carbocycles. The number of ether oxygens (including phenoxy) is 1. The Balaban J connectivity index is 0.00000289. The predicted molar refractivity (Wildman–Crippen MR) is 71.1 cm³/mol. The average molecular weight is 276 g/mol. The van der Waals surface area contributed by atoms with Gasteiger partial charge in [-0.3, -0.25) is 4.79 Å². The molecule has 0 aliphatic carbocycles. The Hall–Kier alpha value is -1.13. The molecule has 0 radical (unpaired) electrons. The molecular formula is C13H19ClFNO2. The lowest BCUT2D eigenvalue weighted by Crippen LogP contribution is -2.37. The van der Waals surface area contributed by atoms with Gasteiger partial charge >= 0.3 is 5.97 Å². The lowest BCUT2D eigenvalue weighted by atomic mass is 9.80. The van der Waals surface area contributed by atoms with Gasteiger partial charge in [0.2, 0.25) is 0 Å². The second-order valence-electron chi connectivity index (χ2n) is 4.72. The first-order chi connectivity index (χ1) is 7.80. The first kappa shape index (κ1) is 16.9. The maximum Gasteiger partial charge on any atom is 0.313 e. The van der Waals surface area contributed by atoms with E-state index in [0.29, 0.717) is 5.56 Å². The van der Waals surface area contributed by atoms with Crippen LogP contribution in [0.5, 0.6) is 0 Å². The molecule has 2 N–H and O–H groups in total. The topological polar surface area (TPSA) is 52.3 Å². The number of methoxy groups -OCH3 is 1. The van der Waals surface area contributed by atoms with Gasteiger partial charge in [0.25, 0.3) is 0 Å². The molecule has 0 bridgehead atoms. The normalized spacial score (nSPS) is 12.6. The Morgan fingerprint density at radius 1 is 1.44 bits per heavy atom. The van der Waals surface area contributed by atoms with E-state index in [4.69, 9.17) is 5.73 Å². The summed E-state index contributed by atoms with van der Waals surface area (Å²) in [5.41, 5.74) is 6.24. The minimum atomic E-state index is -0.969. The van der Waals surface area contributed by atoms with Crippen molar-refractivity contribution in [3.8, 4) is 0 Å². The third kappa shape index (κ3) is 3.21. The summed E-state index contributed by atoms with van der Waals surface area (Å²) in [6.45, 7) is 5.14. The van der Waals surface area contributed by atoms with E-state index in [1.54, 1.807) is 26.0 Å². The number of carbonyl (C=O) groups excluding carboxylic acids is 1. The molecule has 1 aromatic carbocycles. The summed E-state index contributed by atoms with van der Waals surface area (Å²) in [4.78, 5) is 11.6. The monoisotopic (exact) mass is 275 g/mol. The minimum Gasteiger partial charge on any atom is -0.469 e. The highest BCUT2D eigenvalue weighted by molar-refractivity contribution is 5.85. The summed E-state index contributed by atoms with van der Waals surface area (Å²) >= 11 is 0. The zero-order valence-electron chi connectivity index (χ0n) is 11.0. The minimum absolute atomic E-state index is 0. The molecule has 0 spiro atoms. The van der Waals surface area contributed by atoms with E-state index in [2.05, 4.69) is 4.74 Å². The predicted octanol–water partition coefficient (Wildman–Crippen LogP) is 2.75. The van der Waals surface area contributed by atoms with Gasteiger partial charge in [0.05, 0.1) is 12.5 Å². The van der Waals surface area contributed by atoms with Gasteiger partial charge in [-0.1, -0.05) is 17.7 Å². The number of hydrogen-bond donors (Lipinski definition) is 1. The van der Waals surface area contributed by atoms with E-state index in [-0.39, 0.29) is 12.4 Å². The highest BCUT2D eigenvalue weighted by atomic mass is 35.5. The summed E-state index contributed by atoms with van der Waals surface area (Å²) in [5.74, 6) is -0.856. The van der Waals surface area contributed by atoms with Crippen LogP contribution in [-0.2, 0) is 9.53 Å². The van der Waals surface area contributed by atoms with Gasteiger partial charge in [-0.2, -0.15) is 0 Å². The molecule has 1 rings (SSSR count). The number of aryl methyl sites for hydroxylation is 1. The van der Waals surface area contributed by atoms with Crippen molar-refractivity contribution in [2.24, 2.45) is 11.1 Å². The first-order valence-electron chi connectivity index (χ1n) is 5.40. The summed E-state index contributed by atoms with van der Waals surface area (Å²) in [7, 11) is 1.30. The number of carbonyl (C=O) groups is 1.